The molecule has 1 atom stereocenters. The Bertz CT molecular complexity index is 1330. The van der Waals surface area contributed by atoms with Gasteiger partial charge in [-0.15, -0.1) is 11.8 Å². The number of aliphatic hydroxyl groups excluding tert-OH is 1. The Morgan fingerprint density at radius 1 is 1.16 bits per heavy atom. The van der Waals surface area contributed by atoms with Crippen molar-refractivity contribution in [1.82, 2.24) is 15.0 Å². The summed E-state index contributed by atoms with van der Waals surface area (Å²) < 4.78 is 39.7. The van der Waals surface area contributed by atoms with Crippen molar-refractivity contribution in [3.8, 4) is 5.88 Å². The van der Waals surface area contributed by atoms with Crippen molar-refractivity contribution >= 4 is 58.9 Å². The van der Waals surface area contributed by atoms with Gasteiger partial charge in [0.25, 0.3) is 15.9 Å². The molecule has 206 valence electrons. The van der Waals surface area contributed by atoms with Crippen molar-refractivity contribution in [1.29, 1.82) is 0 Å². The van der Waals surface area contributed by atoms with Gasteiger partial charge in [-0.25, -0.2) is 22.7 Å². The van der Waals surface area contributed by atoms with Crippen LogP contribution in [-0.4, -0.2) is 62.8 Å². The molecular weight excluding hydrogens is 587 g/mol. The first-order valence-electron chi connectivity index (χ1n) is 11.6. The van der Waals surface area contributed by atoms with Crippen LogP contribution in [0.5, 0.6) is 5.88 Å². The molecule has 1 unspecified atom stereocenters. The molecule has 1 N–H and O–H groups in total. The molecule has 38 heavy (non-hydrogen) atoms. The maximum Gasteiger partial charge on any atom is 0.269 e. The highest BCUT2D eigenvalue weighted by Crippen LogP contribution is 2.36. The second kappa shape index (κ2) is 13.4. The van der Waals surface area contributed by atoms with E-state index in [0.29, 0.717) is 17.2 Å². The van der Waals surface area contributed by atoms with E-state index in [1.807, 2.05) is 0 Å². The number of hydrogen-bond acceptors (Lipinski definition) is 9. The van der Waals surface area contributed by atoms with E-state index < -0.39 is 24.2 Å². The molecule has 2 heterocycles. The second-order valence-electron chi connectivity index (χ2n) is 9.41. The summed E-state index contributed by atoms with van der Waals surface area (Å²) in [4.78, 5) is 12.6. The lowest BCUT2D eigenvalue weighted by Crippen LogP contribution is -2.35. The maximum atomic E-state index is 13.8. The summed E-state index contributed by atoms with van der Waals surface area (Å²) in [7, 11) is -4.31. The molecule has 0 fully saturated rings. The van der Waals surface area contributed by atoms with E-state index in [1.165, 1.54) is 43.3 Å². The van der Waals surface area contributed by atoms with Gasteiger partial charge in [0.2, 0.25) is 5.82 Å². The molecule has 0 aliphatic heterocycles. The van der Waals surface area contributed by atoms with Crippen LogP contribution in [0.4, 0.5) is 5.82 Å². The number of benzene rings is 1. The molecule has 0 amide bonds. The molecule has 9 nitrogen and oxygen atoms in total. The molecule has 0 radical (unpaired) electrons. The highest BCUT2D eigenvalue weighted by molar-refractivity contribution is 7.99. The van der Waals surface area contributed by atoms with Crippen LogP contribution >= 0.6 is 35.0 Å². The van der Waals surface area contributed by atoms with Crippen LogP contribution in [0.3, 0.4) is 0 Å². The van der Waals surface area contributed by atoms with Gasteiger partial charge in [0.15, 0.2) is 0 Å². The number of thioether (sulfide) groups is 1. The first-order valence-corrected chi connectivity index (χ1v) is 18.5. The molecule has 3 aromatic rings. The zero-order valence-electron chi connectivity index (χ0n) is 21.5. The minimum atomic E-state index is -4.26. The number of ether oxygens (including phenoxy) is 2. The Hall–Kier alpha value is -1.93. The number of methoxy groups -OCH3 is 1. The van der Waals surface area contributed by atoms with Gasteiger partial charge in [0, 0.05) is 32.8 Å². The third kappa shape index (κ3) is 8.04. The normalized spacial score (nSPS) is 12.8. The van der Waals surface area contributed by atoms with Crippen molar-refractivity contribution in [2.75, 3.05) is 30.5 Å². The third-order valence-corrected chi connectivity index (χ3v) is 10.6. The van der Waals surface area contributed by atoms with Gasteiger partial charge in [-0.3, -0.25) is 4.98 Å². The number of aromatic nitrogens is 3. The SMILES string of the molecule is COc1nc(SCC(O)c2cccnc2)cnc1N(COCC[Si](C)(C)C)S(=O)(=O)c1cccc(Cl)c1Cl. The minimum absolute atomic E-state index is 0.0265. The summed E-state index contributed by atoms with van der Waals surface area (Å²) in [6, 6.07) is 8.73. The predicted octanol–water partition coefficient (Wildman–Crippen LogP) is 5.52. The average Bonchev–Trinajstić information content (AvgIpc) is 2.88. The van der Waals surface area contributed by atoms with Gasteiger partial charge in [-0.1, -0.05) is 55.0 Å². The first kappa shape index (κ1) is 30.6. The molecule has 0 saturated carbocycles. The van der Waals surface area contributed by atoms with Gasteiger partial charge in [0.1, 0.15) is 16.7 Å². The molecular formula is C24H30Cl2N4O5S2Si. The van der Waals surface area contributed by atoms with Crippen molar-refractivity contribution in [2.45, 2.75) is 41.7 Å². The highest BCUT2D eigenvalue weighted by Gasteiger charge is 2.32. The van der Waals surface area contributed by atoms with Gasteiger partial charge < -0.3 is 14.6 Å². The molecule has 0 aliphatic rings. The molecule has 0 bridgehead atoms. The third-order valence-electron chi connectivity index (χ3n) is 5.28. The van der Waals surface area contributed by atoms with E-state index in [9.17, 15) is 13.5 Å². The Morgan fingerprint density at radius 3 is 2.58 bits per heavy atom. The summed E-state index contributed by atoms with van der Waals surface area (Å²) in [5.41, 5.74) is 0.669. The summed E-state index contributed by atoms with van der Waals surface area (Å²) in [6.07, 6.45) is 3.86. The fraction of sp³-hybridized carbons (Fsp3) is 0.375. The number of nitrogens with zero attached hydrogens (tertiary/aromatic N) is 4. The number of pyridine rings is 1. The molecule has 1 aromatic carbocycles. The number of hydrogen-bond donors (Lipinski definition) is 1. The summed E-state index contributed by atoms with van der Waals surface area (Å²) in [5, 5.41) is 10.9. The first-order chi connectivity index (χ1) is 17.9. The van der Waals surface area contributed by atoms with Crippen molar-refractivity contribution in [3.63, 3.8) is 0 Å². The van der Waals surface area contributed by atoms with Crippen molar-refractivity contribution in [3.05, 3.63) is 64.5 Å². The maximum absolute atomic E-state index is 13.8. The average molecular weight is 618 g/mol. The molecule has 3 rings (SSSR count). The van der Waals surface area contributed by atoms with Gasteiger partial charge in [0.05, 0.1) is 29.5 Å². The Labute approximate surface area is 238 Å². The van der Waals surface area contributed by atoms with Crippen LogP contribution in [0.15, 0.2) is 58.8 Å². The summed E-state index contributed by atoms with van der Waals surface area (Å²) in [6.45, 7) is 6.65. The van der Waals surface area contributed by atoms with E-state index in [0.717, 1.165) is 10.3 Å². The Morgan fingerprint density at radius 2 is 1.92 bits per heavy atom. The highest BCUT2D eigenvalue weighted by atomic mass is 35.5. The Balaban J connectivity index is 1.91. The molecule has 0 spiro atoms. The standard InChI is InChI=1S/C24H30Cl2N4O5S2Si/c1-34-24-23(28-14-21(29-24)36-15-19(31)17-7-6-10-27-13-17)30(16-35-11-12-38(2,3)4)37(32,33)20-9-5-8-18(25)22(20)26/h5-10,13-14,19,31H,11-12,15-16H2,1-4H3. The van der Waals surface area contributed by atoms with Gasteiger partial charge in [-0.2, -0.15) is 0 Å². The monoisotopic (exact) mass is 616 g/mol. The molecule has 2 aromatic heterocycles. The molecule has 0 aliphatic carbocycles. The Kier molecular flexibility index (Phi) is 10.8. The fourth-order valence-electron chi connectivity index (χ4n) is 3.13. The van der Waals surface area contributed by atoms with E-state index in [2.05, 4.69) is 34.6 Å². The number of sulfonamides is 1. The number of rotatable bonds is 13. The number of halogens is 2. The summed E-state index contributed by atoms with van der Waals surface area (Å²) in [5.74, 6) is 0.193. The zero-order chi connectivity index (χ0) is 27.9. The molecule has 0 saturated heterocycles. The number of anilines is 1. The minimum Gasteiger partial charge on any atom is -0.478 e. The van der Waals surface area contributed by atoms with Crippen molar-refractivity contribution in [2.24, 2.45) is 0 Å². The van der Waals surface area contributed by atoms with Crippen molar-refractivity contribution < 1.29 is 23.0 Å². The van der Waals surface area contributed by atoms with Crippen LogP contribution < -0.4 is 9.04 Å². The molecule has 14 heteroatoms. The van der Waals surface area contributed by atoms with Crippen LogP contribution in [0, 0.1) is 0 Å². The van der Waals surface area contributed by atoms with Gasteiger partial charge >= 0.3 is 0 Å². The van der Waals surface area contributed by atoms with E-state index in [1.54, 1.807) is 24.5 Å². The fourth-order valence-corrected chi connectivity index (χ4v) is 6.73. The van der Waals surface area contributed by atoms with Crippen LogP contribution in [0.2, 0.25) is 35.7 Å². The van der Waals surface area contributed by atoms with E-state index in [-0.39, 0.29) is 39.1 Å². The zero-order valence-corrected chi connectivity index (χ0v) is 25.6. The predicted molar refractivity (Wildman–Crippen MR) is 154 cm³/mol. The lowest BCUT2D eigenvalue weighted by molar-refractivity contribution is 0.155. The second-order valence-corrected chi connectivity index (χ2v) is 18.7. The lowest BCUT2D eigenvalue weighted by atomic mass is 10.2. The lowest BCUT2D eigenvalue weighted by Gasteiger charge is -2.25. The van der Waals surface area contributed by atoms with Crippen LogP contribution in [0.25, 0.3) is 0 Å². The number of aliphatic hydroxyl groups is 1. The van der Waals surface area contributed by atoms with E-state index >= 15 is 0 Å². The topological polar surface area (TPSA) is 115 Å². The van der Waals surface area contributed by atoms with Gasteiger partial charge in [-0.05, 0) is 29.8 Å². The van der Waals surface area contributed by atoms with E-state index in [4.69, 9.17) is 32.7 Å². The quantitative estimate of drug-likeness (QED) is 0.115. The smallest absolute Gasteiger partial charge is 0.269 e. The van der Waals surface area contributed by atoms with Crippen LogP contribution in [-0.2, 0) is 14.8 Å². The van der Waals surface area contributed by atoms with Crippen LogP contribution in [0.1, 0.15) is 11.7 Å². The largest absolute Gasteiger partial charge is 0.478 e. The summed E-state index contributed by atoms with van der Waals surface area (Å²) >= 11 is 13.6.